The molecule has 17 rings (SSSR count). The maximum absolute atomic E-state index is 6.52. The summed E-state index contributed by atoms with van der Waals surface area (Å²) in [7, 11) is 0. The van der Waals surface area contributed by atoms with Gasteiger partial charge >= 0.3 is 0 Å². The monoisotopic (exact) mass is 1130 g/mol. The first-order chi connectivity index (χ1) is 42.7. The highest BCUT2D eigenvalue weighted by atomic mass is 16.3. The molecule has 0 saturated carbocycles. The van der Waals surface area contributed by atoms with Crippen molar-refractivity contribution in [1.82, 2.24) is 0 Å². The Balaban J connectivity index is 0.896. The zero-order chi connectivity index (χ0) is 59.4. The minimum Gasteiger partial charge on any atom is -0.456 e. The number of hydrogen-bond acceptors (Lipinski definition) is 4. The van der Waals surface area contributed by atoms with Crippen LogP contribution in [0.3, 0.4) is 0 Å². The molecule has 0 bridgehead atoms. The van der Waals surface area contributed by atoms with Crippen molar-refractivity contribution >= 4 is 78.0 Å². The van der Waals surface area contributed by atoms with E-state index in [0.29, 0.717) is 0 Å². The fourth-order valence-corrected chi connectivity index (χ4v) is 16.1. The third kappa shape index (κ3) is 7.70. The SMILES string of the molecule is CC1(C)CC(C)(c2ccc(-c3ccccc3)c(N(c3ccc4c(c3)C(C)(C)c3ccccc3-4)c3ccc4oc5ccccc5c4c3)c2)c2cc(-c3ccccc3)c(N(c3ccc4c(c3)C(C)(C)c3ccccc3-4)c3ccc4oc5ccccc5c4c3)cc21. The van der Waals surface area contributed by atoms with Gasteiger partial charge in [-0.2, -0.15) is 0 Å². The summed E-state index contributed by atoms with van der Waals surface area (Å²) in [5.74, 6) is 0. The molecule has 0 amide bonds. The Bertz CT molecular complexity index is 5190. The summed E-state index contributed by atoms with van der Waals surface area (Å²) in [4.78, 5) is 5.07. The lowest BCUT2D eigenvalue weighted by Gasteiger charge is -2.34. The number of rotatable bonds is 9. The fraction of sp³-hybridized carbons (Fsp3) is 0.143. The van der Waals surface area contributed by atoms with E-state index < -0.39 is 5.41 Å². The van der Waals surface area contributed by atoms with E-state index in [4.69, 9.17) is 8.83 Å². The van der Waals surface area contributed by atoms with Crippen LogP contribution in [-0.4, -0.2) is 0 Å². The highest BCUT2D eigenvalue weighted by Gasteiger charge is 2.48. The van der Waals surface area contributed by atoms with Crippen molar-refractivity contribution in [2.75, 3.05) is 9.80 Å². The third-order valence-electron chi connectivity index (χ3n) is 20.4. The van der Waals surface area contributed by atoms with Crippen molar-refractivity contribution in [3.8, 4) is 44.5 Å². The van der Waals surface area contributed by atoms with Gasteiger partial charge in [0.25, 0.3) is 0 Å². The van der Waals surface area contributed by atoms with Crippen molar-refractivity contribution in [1.29, 1.82) is 0 Å². The summed E-state index contributed by atoms with van der Waals surface area (Å²) < 4.78 is 13.0. The number of fused-ring (bicyclic) bond motifs is 13. The smallest absolute Gasteiger partial charge is 0.135 e. The van der Waals surface area contributed by atoms with E-state index in [2.05, 4.69) is 319 Å². The Morgan fingerprint density at radius 3 is 1.23 bits per heavy atom. The van der Waals surface area contributed by atoms with Crippen molar-refractivity contribution in [2.24, 2.45) is 0 Å². The standard InChI is InChI=1S/C84H66N2O2/c1-81(2)51-84(7,54-34-39-59(52-22-10-8-11-23-52)75(44-54)85(55-37-42-79-67(45-55)64-28-16-20-32-77(64)87-79)57-35-40-62-60-26-14-18-30-69(60)82(3,4)71(62)47-57)74-49-66(53-24-12-9-13-25-53)76(50-73(74)81)86(56-38-43-80-68(46-56)65-29-17-21-33-78(65)88-80)58-36-41-63-61-27-15-19-31-70(61)83(5,6)72(63)48-58/h8-50H,51H2,1-7H3. The molecule has 12 aromatic carbocycles. The summed E-state index contributed by atoms with van der Waals surface area (Å²) >= 11 is 0. The average Bonchev–Trinajstić information content (AvgIpc) is 1.57. The molecular formula is C84H66N2O2. The van der Waals surface area contributed by atoms with Crippen LogP contribution in [0.25, 0.3) is 88.4 Å². The van der Waals surface area contributed by atoms with Crippen LogP contribution < -0.4 is 9.80 Å². The zero-order valence-corrected chi connectivity index (χ0v) is 50.7. The van der Waals surface area contributed by atoms with Crippen LogP contribution in [0.2, 0.25) is 0 Å². The topological polar surface area (TPSA) is 32.8 Å². The van der Waals surface area contributed by atoms with Gasteiger partial charge < -0.3 is 18.6 Å². The van der Waals surface area contributed by atoms with Crippen LogP contribution in [0.4, 0.5) is 34.1 Å². The molecule has 4 heteroatoms. The molecule has 3 aliphatic carbocycles. The van der Waals surface area contributed by atoms with E-state index in [0.717, 1.165) is 101 Å². The van der Waals surface area contributed by atoms with Gasteiger partial charge in [-0.15, -0.1) is 0 Å². The summed E-state index contributed by atoms with van der Waals surface area (Å²) in [6.07, 6.45) is 0.896. The molecule has 0 N–H and O–H groups in total. The van der Waals surface area contributed by atoms with Crippen LogP contribution in [0, 0.1) is 0 Å². The molecule has 2 aromatic heterocycles. The van der Waals surface area contributed by atoms with Crippen LogP contribution in [0.1, 0.15) is 93.8 Å². The van der Waals surface area contributed by atoms with Crippen molar-refractivity contribution in [3.63, 3.8) is 0 Å². The maximum Gasteiger partial charge on any atom is 0.135 e. The van der Waals surface area contributed by atoms with E-state index in [1.165, 1.54) is 66.8 Å². The Hall–Kier alpha value is -10.2. The molecule has 4 nitrogen and oxygen atoms in total. The molecule has 3 aliphatic rings. The molecule has 88 heavy (non-hydrogen) atoms. The van der Waals surface area contributed by atoms with Crippen molar-refractivity contribution in [2.45, 2.75) is 76.5 Å². The lowest BCUT2D eigenvalue weighted by Crippen LogP contribution is -2.24. The van der Waals surface area contributed by atoms with E-state index >= 15 is 0 Å². The maximum atomic E-state index is 6.52. The van der Waals surface area contributed by atoms with Gasteiger partial charge in [0, 0.05) is 71.7 Å². The van der Waals surface area contributed by atoms with E-state index in [1.807, 2.05) is 0 Å². The van der Waals surface area contributed by atoms with Gasteiger partial charge in [0.05, 0.1) is 11.4 Å². The average molecular weight is 1140 g/mol. The highest BCUT2D eigenvalue weighted by Crippen LogP contribution is 2.59. The second kappa shape index (κ2) is 18.9. The Morgan fingerprint density at radius 1 is 0.284 bits per heavy atom. The number of para-hydroxylation sites is 2. The van der Waals surface area contributed by atoms with Gasteiger partial charge in [-0.1, -0.05) is 218 Å². The largest absolute Gasteiger partial charge is 0.456 e. The molecule has 0 saturated heterocycles. The molecule has 1 atom stereocenters. The lowest BCUT2D eigenvalue weighted by atomic mass is 9.74. The van der Waals surface area contributed by atoms with Crippen LogP contribution in [0.15, 0.2) is 270 Å². The third-order valence-corrected chi connectivity index (χ3v) is 20.4. The van der Waals surface area contributed by atoms with Crippen molar-refractivity contribution in [3.05, 3.63) is 300 Å². The van der Waals surface area contributed by atoms with E-state index in [9.17, 15) is 0 Å². The molecule has 1 unspecified atom stereocenters. The molecule has 0 aliphatic heterocycles. The highest BCUT2D eigenvalue weighted by molar-refractivity contribution is 6.08. The molecule has 0 spiro atoms. The van der Waals surface area contributed by atoms with Gasteiger partial charge in [0.15, 0.2) is 0 Å². The summed E-state index contributed by atoms with van der Waals surface area (Å²) in [6, 6.07) is 97.2. The first-order valence-corrected chi connectivity index (χ1v) is 31.1. The van der Waals surface area contributed by atoms with Crippen LogP contribution >= 0.6 is 0 Å². The van der Waals surface area contributed by atoms with Gasteiger partial charge in [-0.05, 0) is 175 Å². The van der Waals surface area contributed by atoms with Gasteiger partial charge in [-0.3, -0.25) is 0 Å². The molecule has 424 valence electrons. The molecular weight excluding hydrogens is 1070 g/mol. The van der Waals surface area contributed by atoms with E-state index in [-0.39, 0.29) is 16.2 Å². The van der Waals surface area contributed by atoms with Gasteiger partial charge in [0.1, 0.15) is 22.3 Å². The minimum atomic E-state index is -0.425. The van der Waals surface area contributed by atoms with Crippen molar-refractivity contribution < 1.29 is 8.83 Å². The fourth-order valence-electron chi connectivity index (χ4n) is 16.1. The minimum absolute atomic E-state index is 0.198. The van der Waals surface area contributed by atoms with E-state index in [1.54, 1.807) is 0 Å². The lowest BCUT2D eigenvalue weighted by molar-refractivity contribution is 0.425. The Kier molecular flexibility index (Phi) is 11.2. The summed E-state index contributed by atoms with van der Waals surface area (Å²) in [6.45, 7) is 17.0. The van der Waals surface area contributed by atoms with Gasteiger partial charge in [-0.25, -0.2) is 0 Å². The predicted octanol–water partition coefficient (Wildman–Crippen LogP) is 23.4. The first-order valence-electron chi connectivity index (χ1n) is 31.1. The summed E-state index contributed by atoms with van der Waals surface area (Å²) in [5, 5.41) is 4.40. The zero-order valence-electron chi connectivity index (χ0n) is 50.7. The Labute approximate surface area is 514 Å². The predicted molar refractivity (Wildman–Crippen MR) is 367 cm³/mol. The number of benzene rings is 12. The number of nitrogens with zero attached hydrogens (tertiary/aromatic N) is 2. The second-order valence-corrected chi connectivity index (χ2v) is 26.8. The number of hydrogen-bond donors (Lipinski definition) is 0. The molecule has 0 radical (unpaired) electrons. The second-order valence-electron chi connectivity index (χ2n) is 26.8. The number of anilines is 6. The van der Waals surface area contributed by atoms with Gasteiger partial charge in [0.2, 0.25) is 0 Å². The Morgan fingerprint density at radius 2 is 0.693 bits per heavy atom. The van der Waals surface area contributed by atoms with Crippen LogP contribution in [-0.2, 0) is 21.7 Å². The normalized spacial score (nSPS) is 16.4. The molecule has 0 fully saturated rings. The van der Waals surface area contributed by atoms with Crippen LogP contribution in [0.5, 0.6) is 0 Å². The number of furan rings is 2. The first kappa shape index (κ1) is 52.2. The molecule has 14 aromatic rings. The molecule has 2 heterocycles. The quantitative estimate of drug-likeness (QED) is 0.144. The summed E-state index contributed by atoms with van der Waals surface area (Å²) in [5.41, 5.74) is 28.3.